The molecule has 0 N–H and O–H groups in total. The van der Waals surface area contributed by atoms with Gasteiger partial charge in [-0.3, -0.25) is 19.6 Å². The number of nitrogens with zero attached hydrogens (tertiary/aromatic N) is 4. The van der Waals surface area contributed by atoms with Gasteiger partial charge in [-0.2, -0.15) is 0 Å². The summed E-state index contributed by atoms with van der Waals surface area (Å²) in [5.41, 5.74) is 6.08. The second kappa shape index (κ2) is 18.7. The molecule has 2 saturated heterocycles. The molecule has 6 aromatic carbocycles. The van der Waals surface area contributed by atoms with Gasteiger partial charge in [0.2, 0.25) is 0 Å². The molecule has 0 saturated carbocycles. The Bertz CT molecular complexity index is 2350. The highest BCUT2D eigenvalue weighted by molar-refractivity contribution is 6.31. The van der Waals surface area contributed by atoms with E-state index in [1.807, 2.05) is 80.3 Å². The van der Waals surface area contributed by atoms with E-state index in [9.17, 15) is 9.59 Å². The fraction of sp³-hybridized carbons (Fsp3) is 0.240. The van der Waals surface area contributed by atoms with Gasteiger partial charge in [0.25, 0.3) is 0 Å². The van der Waals surface area contributed by atoms with Crippen molar-refractivity contribution in [3.8, 4) is 0 Å². The Morgan fingerprint density at radius 2 is 0.758 bits per heavy atom. The molecular formula is C50H48Cl4N4O4. The number of halogens is 4. The minimum atomic E-state index is -0.674. The highest BCUT2D eigenvalue weighted by Crippen LogP contribution is 2.50. The third-order valence-electron chi connectivity index (χ3n) is 11.5. The molecule has 12 heteroatoms. The quantitative estimate of drug-likeness (QED) is 0.137. The summed E-state index contributed by atoms with van der Waals surface area (Å²) in [6.07, 6.45) is 0. The molecular weight excluding hydrogens is 862 g/mol. The Morgan fingerprint density at radius 3 is 1.03 bits per heavy atom. The van der Waals surface area contributed by atoms with Crippen LogP contribution >= 0.6 is 46.4 Å². The zero-order valence-corrected chi connectivity index (χ0v) is 38.4. The topological polar surface area (TPSA) is 65.6 Å². The molecule has 62 heavy (non-hydrogen) atoms. The first kappa shape index (κ1) is 45.0. The Balaban J connectivity index is 0.000000186. The normalized spacial score (nSPS) is 21.1. The van der Waals surface area contributed by atoms with Crippen LogP contribution in [0.15, 0.2) is 146 Å². The number of carbonyl (C=O) groups excluding carboxylic acids is 2. The van der Waals surface area contributed by atoms with E-state index in [0.717, 1.165) is 45.0 Å². The number of anilines is 4. The van der Waals surface area contributed by atoms with E-state index >= 15 is 0 Å². The molecule has 0 bridgehead atoms. The zero-order chi connectivity index (χ0) is 44.3. The number of amides is 4. The number of ether oxygens (including phenoxy) is 2. The first-order valence-electron chi connectivity index (χ1n) is 20.1. The highest BCUT2D eigenvalue weighted by atomic mass is 35.5. The van der Waals surface area contributed by atoms with E-state index < -0.39 is 11.1 Å². The number of benzene rings is 6. The fourth-order valence-electron chi connectivity index (χ4n) is 8.96. The second-order valence-electron chi connectivity index (χ2n) is 16.1. The predicted octanol–water partition coefficient (Wildman–Crippen LogP) is 13.8. The van der Waals surface area contributed by atoms with Crippen LogP contribution in [0.25, 0.3) is 0 Å². The van der Waals surface area contributed by atoms with Crippen LogP contribution in [0.5, 0.6) is 0 Å². The molecule has 2 aliphatic rings. The van der Waals surface area contributed by atoms with E-state index in [1.54, 1.807) is 62.8 Å². The molecule has 320 valence electrons. The Kier molecular flexibility index (Phi) is 13.6. The van der Waals surface area contributed by atoms with Gasteiger partial charge in [-0.15, -0.1) is 0 Å². The van der Waals surface area contributed by atoms with E-state index in [4.69, 9.17) is 55.9 Å². The maximum absolute atomic E-state index is 14.0. The molecule has 2 aliphatic heterocycles. The minimum absolute atomic E-state index is 0.129. The van der Waals surface area contributed by atoms with Crippen molar-refractivity contribution in [2.75, 3.05) is 47.0 Å². The van der Waals surface area contributed by atoms with Gasteiger partial charge in [0.1, 0.15) is 0 Å². The summed E-state index contributed by atoms with van der Waals surface area (Å²) in [5.74, 6) is 0. The summed E-state index contributed by atoms with van der Waals surface area (Å²) in [7, 11) is 3.32. The van der Waals surface area contributed by atoms with Gasteiger partial charge in [0.05, 0.1) is 36.4 Å². The first-order chi connectivity index (χ1) is 29.7. The first-order valence-corrected chi connectivity index (χ1v) is 21.6. The lowest BCUT2D eigenvalue weighted by molar-refractivity contribution is 0.134. The van der Waals surface area contributed by atoms with Gasteiger partial charge in [0.15, 0.2) is 0 Å². The number of methoxy groups -OCH3 is 2. The van der Waals surface area contributed by atoms with Crippen LogP contribution < -0.4 is 19.6 Å². The molecule has 8 nitrogen and oxygen atoms in total. The van der Waals surface area contributed by atoms with Crippen molar-refractivity contribution >= 4 is 81.2 Å². The van der Waals surface area contributed by atoms with Crippen molar-refractivity contribution in [2.45, 2.75) is 50.9 Å². The molecule has 0 spiro atoms. The zero-order valence-electron chi connectivity index (χ0n) is 35.4. The van der Waals surface area contributed by atoms with Gasteiger partial charge < -0.3 is 9.47 Å². The van der Waals surface area contributed by atoms with Crippen LogP contribution in [0.3, 0.4) is 0 Å². The average molecular weight is 911 g/mol. The smallest absolute Gasteiger partial charge is 0.330 e. The van der Waals surface area contributed by atoms with Crippen molar-refractivity contribution < 1.29 is 19.1 Å². The molecule has 0 aromatic heterocycles. The largest absolute Gasteiger partial charge is 0.382 e. The van der Waals surface area contributed by atoms with Gasteiger partial charge in [-0.25, -0.2) is 9.59 Å². The molecule has 8 rings (SSSR count). The van der Waals surface area contributed by atoms with Crippen molar-refractivity contribution in [2.24, 2.45) is 0 Å². The summed E-state index contributed by atoms with van der Waals surface area (Å²) >= 11 is 24.5. The highest BCUT2D eigenvalue weighted by Gasteiger charge is 2.57. The SMILES string of the molecule is COC[C@@]1(C)[C@@H](c2cccc(C)c2)N(c2ccc(Cl)cc2)C(=O)N1c1ccc(Cl)cc1.COC[C@]1(C)[C@H](c2cccc(C)c2)N(c2ccc(Cl)cc2)C(=O)N1c1ccc(Cl)cc1. The van der Waals surface area contributed by atoms with Crippen LogP contribution in [-0.4, -0.2) is 50.6 Å². The van der Waals surface area contributed by atoms with Crippen molar-refractivity contribution in [1.29, 1.82) is 0 Å². The molecule has 2 fully saturated rings. The summed E-state index contributed by atoms with van der Waals surface area (Å²) < 4.78 is 11.3. The summed E-state index contributed by atoms with van der Waals surface area (Å²) in [5, 5.41) is 2.48. The average Bonchev–Trinajstić information content (AvgIpc) is 3.61. The van der Waals surface area contributed by atoms with Crippen molar-refractivity contribution in [3.05, 3.63) is 188 Å². The molecule has 6 aromatic rings. The third-order valence-corrected chi connectivity index (χ3v) is 12.5. The third kappa shape index (κ3) is 8.78. The van der Waals surface area contributed by atoms with Gasteiger partial charge in [-0.05, 0) is 136 Å². The maximum Gasteiger partial charge on any atom is 0.330 e. The molecule has 4 atom stereocenters. The van der Waals surface area contributed by atoms with Crippen molar-refractivity contribution in [1.82, 2.24) is 0 Å². The Labute approximate surface area is 384 Å². The van der Waals surface area contributed by atoms with E-state index in [1.165, 1.54) is 0 Å². The molecule has 0 radical (unpaired) electrons. The fourth-order valence-corrected chi connectivity index (χ4v) is 9.46. The molecule has 4 amide bonds. The van der Waals surface area contributed by atoms with Gasteiger partial charge >= 0.3 is 12.1 Å². The van der Waals surface area contributed by atoms with Gasteiger partial charge in [0, 0.05) is 57.1 Å². The summed E-state index contributed by atoms with van der Waals surface area (Å²) in [6, 6.07) is 45.1. The van der Waals surface area contributed by atoms with Crippen LogP contribution in [0.4, 0.5) is 32.3 Å². The minimum Gasteiger partial charge on any atom is -0.382 e. The number of aryl methyl sites for hydroxylation is 2. The number of carbonyl (C=O) groups is 2. The van der Waals surface area contributed by atoms with E-state index in [-0.39, 0.29) is 24.1 Å². The molecule has 2 heterocycles. The van der Waals surface area contributed by atoms with Gasteiger partial charge in [-0.1, -0.05) is 106 Å². The molecule has 0 unspecified atom stereocenters. The Morgan fingerprint density at radius 1 is 0.468 bits per heavy atom. The Hall–Kier alpha value is -5.06. The van der Waals surface area contributed by atoms with Crippen LogP contribution in [0.1, 0.15) is 48.2 Å². The monoisotopic (exact) mass is 908 g/mol. The maximum atomic E-state index is 14.0. The number of rotatable bonds is 10. The molecule has 0 aliphatic carbocycles. The van der Waals surface area contributed by atoms with Crippen LogP contribution in [0.2, 0.25) is 20.1 Å². The lowest BCUT2D eigenvalue weighted by atomic mass is 9.86. The lowest BCUT2D eigenvalue weighted by Gasteiger charge is -2.38. The number of urea groups is 2. The number of hydrogen-bond donors (Lipinski definition) is 0. The standard InChI is InChI=1S/2C25H24Cl2N2O2/c2*1-17-5-4-6-18(15-17)23-25(2,16-31-3)29(22-13-9-20(27)10-14-22)24(30)28(23)21-11-7-19(26)8-12-21/h2*4-15,23H,16H2,1-3H3/t2*23-,25+/m10/s1. The lowest BCUT2D eigenvalue weighted by Crippen LogP contribution is -2.49. The number of hydrogen-bond acceptors (Lipinski definition) is 4. The second-order valence-corrected chi connectivity index (χ2v) is 17.8. The van der Waals surface area contributed by atoms with E-state index in [0.29, 0.717) is 33.3 Å². The van der Waals surface area contributed by atoms with E-state index in [2.05, 4.69) is 64.1 Å². The predicted molar refractivity (Wildman–Crippen MR) is 255 cm³/mol. The van der Waals surface area contributed by atoms with Crippen LogP contribution in [-0.2, 0) is 9.47 Å². The van der Waals surface area contributed by atoms with Crippen LogP contribution in [0, 0.1) is 13.8 Å². The summed E-state index contributed by atoms with van der Waals surface area (Å²) in [4.78, 5) is 35.2. The summed E-state index contributed by atoms with van der Waals surface area (Å²) in [6.45, 7) is 8.93. The van der Waals surface area contributed by atoms with Crippen molar-refractivity contribution in [3.63, 3.8) is 0 Å².